The maximum absolute atomic E-state index is 12.3. The summed E-state index contributed by atoms with van der Waals surface area (Å²) in [5.41, 5.74) is 0.726. The Morgan fingerprint density at radius 2 is 1.88 bits per heavy atom. The maximum Gasteiger partial charge on any atom is 0.262 e. The van der Waals surface area contributed by atoms with E-state index in [-0.39, 0.29) is 18.8 Å². The van der Waals surface area contributed by atoms with Gasteiger partial charge in [-0.1, -0.05) is 11.2 Å². The van der Waals surface area contributed by atoms with E-state index in [0.717, 1.165) is 0 Å². The lowest BCUT2D eigenvalue weighted by molar-refractivity contribution is -0.144. The summed E-state index contributed by atoms with van der Waals surface area (Å²) in [4.78, 5) is 35.3. The molecule has 12 nitrogen and oxygen atoms in total. The van der Waals surface area contributed by atoms with Gasteiger partial charge in [-0.15, -0.1) is 0 Å². The van der Waals surface area contributed by atoms with Gasteiger partial charge in [0.2, 0.25) is 11.5 Å². The second-order valence-electron chi connectivity index (χ2n) is 7.76. The highest BCUT2D eigenvalue weighted by atomic mass is 16.5. The molecule has 0 bridgehead atoms. The zero-order valence-corrected chi connectivity index (χ0v) is 18.1. The van der Waals surface area contributed by atoms with Crippen molar-refractivity contribution in [2.24, 2.45) is 0 Å². The maximum atomic E-state index is 12.3. The topological polar surface area (TPSA) is 163 Å². The summed E-state index contributed by atoms with van der Waals surface area (Å²) < 4.78 is 5.32. The number of nitrogens with one attached hydrogen (secondary N) is 1. The van der Waals surface area contributed by atoms with Gasteiger partial charge in [0.05, 0.1) is 41.8 Å². The van der Waals surface area contributed by atoms with E-state index >= 15 is 0 Å². The van der Waals surface area contributed by atoms with Crippen LogP contribution in [0.4, 0.5) is 11.8 Å². The monoisotopic (exact) mass is 460 g/mol. The zero-order chi connectivity index (χ0) is 23.7. The average molecular weight is 460 g/mol. The van der Waals surface area contributed by atoms with Crippen LogP contribution in [0.25, 0.3) is 22.8 Å². The molecule has 12 heteroatoms. The van der Waals surface area contributed by atoms with E-state index in [9.17, 15) is 9.90 Å². The molecule has 0 radical (unpaired) electrons. The minimum atomic E-state index is -1.72. The molecule has 34 heavy (non-hydrogen) atoms. The zero-order valence-electron chi connectivity index (χ0n) is 18.1. The van der Waals surface area contributed by atoms with Crippen LogP contribution >= 0.6 is 0 Å². The Morgan fingerprint density at radius 1 is 1.09 bits per heavy atom. The first-order valence-electron chi connectivity index (χ1n) is 10.4. The first kappa shape index (κ1) is 21.6. The number of aromatic nitrogens is 6. The highest BCUT2D eigenvalue weighted by Gasteiger charge is 2.48. The van der Waals surface area contributed by atoms with Gasteiger partial charge in [-0.2, -0.15) is 0 Å². The summed E-state index contributed by atoms with van der Waals surface area (Å²) in [5.74, 6) is 0.390. The fourth-order valence-electron chi connectivity index (χ4n) is 3.57. The predicted molar refractivity (Wildman–Crippen MR) is 118 cm³/mol. The number of pyridine rings is 1. The summed E-state index contributed by atoms with van der Waals surface area (Å²) in [6.07, 6.45) is 4.75. The van der Waals surface area contributed by atoms with E-state index in [1.54, 1.807) is 37.5 Å². The van der Waals surface area contributed by atoms with E-state index in [1.807, 2.05) is 0 Å². The molecule has 1 saturated heterocycles. The number of aliphatic hydroxyl groups is 2. The van der Waals surface area contributed by atoms with Gasteiger partial charge in [-0.3, -0.25) is 9.78 Å². The molecule has 3 N–H and O–H groups in total. The number of anilines is 2. The van der Waals surface area contributed by atoms with Crippen molar-refractivity contribution in [1.82, 2.24) is 35.0 Å². The van der Waals surface area contributed by atoms with Crippen molar-refractivity contribution in [3.05, 3.63) is 60.4 Å². The first-order valence-corrected chi connectivity index (χ1v) is 10.4. The quantitative estimate of drug-likeness (QED) is 0.379. The molecule has 0 aliphatic carbocycles. The molecule has 1 fully saturated rings. The third-order valence-corrected chi connectivity index (χ3v) is 5.46. The lowest BCUT2D eigenvalue weighted by Gasteiger charge is -2.16. The predicted octanol–water partition coefficient (Wildman–Crippen LogP) is 1.27. The Hall–Kier alpha value is -4.29. The van der Waals surface area contributed by atoms with Crippen molar-refractivity contribution in [3.8, 4) is 22.8 Å². The summed E-state index contributed by atoms with van der Waals surface area (Å²) in [6.45, 7) is 0.237. The highest BCUT2D eigenvalue weighted by molar-refractivity contribution is 5.87. The normalized spacial score (nSPS) is 17.9. The minimum Gasteiger partial charge on any atom is -0.390 e. The van der Waals surface area contributed by atoms with Crippen molar-refractivity contribution in [2.75, 3.05) is 18.9 Å². The molecule has 0 spiro atoms. The van der Waals surface area contributed by atoms with Gasteiger partial charge in [0.1, 0.15) is 5.69 Å². The van der Waals surface area contributed by atoms with Crippen LogP contribution in [0, 0.1) is 0 Å². The van der Waals surface area contributed by atoms with Crippen LogP contribution in [-0.4, -0.2) is 64.7 Å². The third-order valence-electron chi connectivity index (χ3n) is 5.46. The molecule has 1 amide bonds. The van der Waals surface area contributed by atoms with Crippen LogP contribution in [0.15, 0.2) is 53.4 Å². The molecule has 5 heterocycles. The number of rotatable bonds is 6. The number of aliphatic hydroxyl groups excluding tert-OH is 1. The second kappa shape index (κ2) is 8.57. The molecule has 172 valence electrons. The number of carbonyl (C=O) groups is 1. The van der Waals surface area contributed by atoms with E-state index in [4.69, 9.17) is 9.63 Å². The third kappa shape index (κ3) is 3.95. The molecule has 0 aromatic carbocycles. The number of hydrogen-bond donors (Lipinski definition) is 3. The van der Waals surface area contributed by atoms with Crippen molar-refractivity contribution < 1.29 is 19.5 Å². The van der Waals surface area contributed by atoms with Crippen LogP contribution in [0.1, 0.15) is 17.9 Å². The van der Waals surface area contributed by atoms with Gasteiger partial charge < -0.3 is 25.0 Å². The van der Waals surface area contributed by atoms with Gasteiger partial charge >= 0.3 is 0 Å². The molecule has 4 aromatic rings. The number of likely N-dealkylation sites (tertiary alicyclic amines) is 1. The van der Waals surface area contributed by atoms with Crippen LogP contribution in [-0.2, 0) is 17.0 Å². The molecular weight excluding hydrogens is 440 g/mol. The number of nitrogens with zero attached hydrogens (tertiary/aromatic N) is 7. The molecule has 5 rings (SSSR count). The summed E-state index contributed by atoms with van der Waals surface area (Å²) in [5, 5.41) is 26.8. The molecule has 1 aliphatic rings. The summed E-state index contributed by atoms with van der Waals surface area (Å²) in [7, 11) is 1.63. The van der Waals surface area contributed by atoms with Gasteiger partial charge in [-0.05, 0) is 18.2 Å². The number of likely N-dealkylation sites (N-methyl/N-ethyl adjacent to an activating group) is 1. The SMILES string of the molecule is CN1CC[C@@](O)(c2cc(-c3cccc(-c4ccnc(Nc5cnc(CO)cn5)n4)n3)no2)C1=O. The van der Waals surface area contributed by atoms with Crippen molar-refractivity contribution in [3.63, 3.8) is 0 Å². The fraction of sp³-hybridized carbons (Fsp3) is 0.227. The Morgan fingerprint density at radius 3 is 2.59 bits per heavy atom. The standard InChI is InChI=1S/C22H20N8O4/c1-30-8-6-22(33,20(30)32)18-9-17(29-34-18)15-4-2-3-14(26-15)16-5-7-23-21(27-16)28-19-11-24-13(12-31)10-25-19/h2-5,7,9-11,31,33H,6,8,12H2,1H3,(H,23,25,27,28)/t22-/m1/s1. The molecule has 0 unspecified atom stereocenters. The number of amides is 1. The van der Waals surface area contributed by atoms with Crippen LogP contribution in [0.3, 0.4) is 0 Å². The average Bonchev–Trinajstić information content (AvgIpc) is 3.47. The van der Waals surface area contributed by atoms with Gasteiger partial charge in [-0.25, -0.2) is 19.9 Å². The van der Waals surface area contributed by atoms with E-state index in [0.29, 0.717) is 46.8 Å². The Labute approximate surface area is 193 Å². The van der Waals surface area contributed by atoms with Gasteiger partial charge in [0, 0.05) is 32.3 Å². The molecule has 1 atom stereocenters. The van der Waals surface area contributed by atoms with Crippen LogP contribution in [0.2, 0.25) is 0 Å². The van der Waals surface area contributed by atoms with Crippen LogP contribution in [0.5, 0.6) is 0 Å². The smallest absolute Gasteiger partial charge is 0.262 e. The van der Waals surface area contributed by atoms with Gasteiger partial charge in [0.25, 0.3) is 5.91 Å². The number of carbonyl (C=O) groups excluding carboxylic acids is 1. The number of hydrogen-bond acceptors (Lipinski definition) is 11. The summed E-state index contributed by atoms with van der Waals surface area (Å²) >= 11 is 0. The fourth-order valence-corrected chi connectivity index (χ4v) is 3.57. The minimum absolute atomic E-state index is 0.0888. The lowest BCUT2D eigenvalue weighted by Crippen LogP contribution is -2.35. The van der Waals surface area contributed by atoms with Crippen molar-refractivity contribution >= 4 is 17.7 Å². The second-order valence-corrected chi connectivity index (χ2v) is 7.76. The highest BCUT2D eigenvalue weighted by Crippen LogP contribution is 2.34. The van der Waals surface area contributed by atoms with Crippen LogP contribution < -0.4 is 5.32 Å². The van der Waals surface area contributed by atoms with E-state index in [2.05, 4.69) is 35.4 Å². The Kier molecular flexibility index (Phi) is 5.43. The van der Waals surface area contributed by atoms with Crippen molar-refractivity contribution in [2.45, 2.75) is 18.6 Å². The van der Waals surface area contributed by atoms with Gasteiger partial charge in [0.15, 0.2) is 11.6 Å². The Bertz CT molecular complexity index is 1340. The Balaban J connectivity index is 1.39. The molecule has 4 aromatic heterocycles. The largest absolute Gasteiger partial charge is 0.390 e. The molecular formula is C22H20N8O4. The first-order chi connectivity index (χ1) is 16.5. The summed E-state index contributed by atoms with van der Waals surface area (Å²) in [6, 6.07) is 8.57. The molecule has 0 saturated carbocycles. The lowest BCUT2D eigenvalue weighted by atomic mass is 9.98. The van der Waals surface area contributed by atoms with E-state index < -0.39 is 11.5 Å². The molecule has 1 aliphatic heterocycles. The van der Waals surface area contributed by atoms with Crippen molar-refractivity contribution in [1.29, 1.82) is 0 Å². The van der Waals surface area contributed by atoms with E-state index in [1.165, 1.54) is 23.4 Å².